The first kappa shape index (κ1) is 15.2. The monoisotopic (exact) mass is 321 g/mol. The first-order valence-corrected chi connectivity index (χ1v) is 7.58. The summed E-state index contributed by atoms with van der Waals surface area (Å²) in [6.45, 7) is 3.82. The molecule has 0 bridgehead atoms. The molecular weight excluding hydrogens is 305 g/mol. The van der Waals surface area contributed by atoms with E-state index in [9.17, 15) is 4.39 Å². The molecule has 0 saturated carbocycles. The van der Waals surface area contributed by atoms with E-state index in [1.807, 2.05) is 18.9 Å². The average Bonchev–Trinajstić information content (AvgIpc) is 2.53. The summed E-state index contributed by atoms with van der Waals surface area (Å²) in [4.78, 5) is 10.8. The fraction of sp³-hybridized carbons (Fsp3) is 0.375. The van der Waals surface area contributed by atoms with Crippen molar-refractivity contribution >= 4 is 17.4 Å². The van der Waals surface area contributed by atoms with Gasteiger partial charge in [0.05, 0.1) is 24.8 Å². The lowest BCUT2D eigenvalue weighted by Crippen LogP contribution is -2.26. The Kier molecular flexibility index (Phi) is 4.27. The zero-order valence-corrected chi connectivity index (χ0v) is 13.3. The number of hydrogen-bond acceptors (Lipinski definition) is 4. The third-order valence-corrected chi connectivity index (χ3v) is 4.13. The fourth-order valence-corrected chi connectivity index (χ4v) is 2.83. The molecule has 0 aliphatic carbocycles. The Morgan fingerprint density at radius 3 is 2.73 bits per heavy atom. The summed E-state index contributed by atoms with van der Waals surface area (Å²) >= 11 is 6.11. The van der Waals surface area contributed by atoms with Crippen molar-refractivity contribution in [1.29, 1.82) is 0 Å². The van der Waals surface area contributed by atoms with Crippen LogP contribution in [0.4, 0.5) is 10.2 Å². The Labute approximate surface area is 133 Å². The van der Waals surface area contributed by atoms with E-state index in [1.165, 1.54) is 12.1 Å². The van der Waals surface area contributed by atoms with E-state index < -0.39 is 0 Å². The molecule has 1 aliphatic heterocycles. The van der Waals surface area contributed by atoms with E-state index in [2.05, 4.69) is 9.97 Å². The van der Waals surface area contributed by atoms with Gasteiger partial charge in [0, 0.05) is 19.2 Å². The van der Waals surface area contributed by atoms with Crippen molar-refractivity contribution in [3.05, 3.63) is 52.2 Å². The largest absolute Gasteiger partial charge is 0.376 e. The molecule has 22 heavy (non-hydrogen) atoms. The molecule has 1 aliphatic rings. The van der Waals surface area contributed by atoms with E-state index in [-0.39, 0.29) is 17.0 Å². The minimum absolute atomic E-state index is 0.0612. The van der Waals surface area contributed by atoms with Crippen molar-refractivity contribution in [2.75, 3.05) is 25.1 Å². The molecule has 1 unspecified atom stereocenters. The minimum Gasteiger partial charge on any atom is -0.376 e. The maximum atomic E-state index is 13.1. The number of fused-ring (bicyclic) bond motifs is 1. The first-order valence-electron chi connectivity index (χ1n) is 7.20. The van der Waals surface area contributed by atoms with Crippen LogP contribution in [-0.2, 0) is 11.3 Å². The van der Waals surface area contributed by atoms with Gasteiger partial charge in [0.2, 0.25) is 5.28 Å². The van der Waals surface area contributed by atoms with E-state index in [0.717, 1.165) is 29.2 Å². The van der Waals surface area contributed by atoms with Crippen molar-refractivity contribution < 1.29 is 9.13 Å². The van der Waals surface area contributed by atoms with Crippen LogP contribution in [0.2, 0.25) is 5.28 Å². The molecule has 1 aromatic heterocycles. The SMILES string of the molecule is CCN(C)c1nc(Cl)nc2c1COCC2c1ccc(F)cc1. The Hall–Kier alpha value is -1.72. The van der Waals surface area contributed by atoms with Gasteiger partial charge in [-0.2, -0.15) is 0 Å². The maximum absolute atomic E-state index is 13.1. The third-order valence-electron chi connectivity index (χ3n) is 3.96. The van der Waals surface area contributed by atoms with E-state index in [4.69, 9.17) is 16.3 Å². The van der Waals surface area contributed by atoms with Crippen LogP contribution in [0.5, 0.6) is 0 Å². The van der Waals surface area contributed by atoms with Crippen LogP contribution < -0.4 is 4.90 Å². The van der Waals surface area contributed by atoms with Crippen LogP contribution in [-0.4, -0.2) is 30.2 Å². The number of hydrogen-bond donors (Lipinski definition) is 0. The Morgan fingerprint density at radius 2 is 2.05 bits per heavy atom. The van der Waals surface area contributed by atoms with Gasteiger partial charge in [-0.05, 0) is 36.2 Å². The van der Waals surface area contributed by atoms with Gasteiger partial charge < -0.3 is 9.64 Å². The van der Waals surface area contributed by atoms with Gasteiger partial charge in [0.15, 0.2) is 0 Å². The lowest BCUT2D eigenvalue weighted by atomic mass is 9.91. The molecular formula is C16H17ClFN3O. The van der Waals surface area contributed by atoms with Crippen molar-refractivity contribution in [1.82, 2.24) is 9.97 Å². The van der Waals surface area contributed by atoms with Gasteiger partial charge >= 0.3 is 0 Å². The lowest BCUT2D eigenvalue weighted by Gasteiger charge is -2.29. The number of rotatable bonds is 3. The number of halogens is 2. The molecule has 2 heterocycles. The zero-order chi connectivity index (χ0) is 15.7. The highest BCUT2D eigenvalue weighted by molar-refractivity contribution is 6.28. The summed E-state index contributed by atoms with van der Waals surface area (Å²) in [6.07, 6.45) is 0. The predicted molar refractivity (Wildman–Crippen MR) is 83.9 cm³/mol. The second-order valence-corrected chi connectivity index (χ2v) is 5.65. The van der Waals surface area contributed by atoms with Crippen LogP contribution >= 0.6 is 11.6 Å². The minimum atomic E-state index is -0.257. The molecule has 3 rings (SSSR count). The topological polar surface area (TPSA) is 38.2 Å². The smallest absolute Gasteiger partial charge is 0.224 e. The quantitative estimate of drug-likeness (QED) is 0.812. The molecule has 0 radical (unpaired) electrons. The zero-order valence-electron chi connectivity index (χ0n) is 12.5. The number of nitrogens with zero attached hydrogens (tertiary/aromatic N) is 3. The van der Waals surface area contributed by atoms with Gasteiger partial charge in [-0.1, -0.05) is 12.1 Å². The van der Waals surface area contributed by atoms with E-state index in [1.54, 1.807) is 12.1 Å². The number of aromatic nitrogens is 2. The van der Waals surface area contributed by atoms with Crippen molar-refractivity contribution in [3.63, 3.8) is 0 Å². The van der Waals surface area contributed by atoms with Gasteiger partial charge in [0.1, 0.15) is 11.6 Å². The second kappa shape index (κ2) is 6.18. The summed E-state index contributed by atoms with van der Waals surface area (Å²) in [7, 11) is 1.96. The van der Waals surface area contributed by atoms with E-state index in [0.29, 0.717) is 13.2 Å². The molecule has 0 N–H and O–H groups in total. The molecule has 2 aromatic rings. The standard InChI is InChI=1S/C16H17ClFN3O/c1-3-21(2)15-13-9-22-8-12(14(13)19-16(17)20-15)10-4-6-11(18)7-5-10/h4-7,12H,3,8-9H2,1-2H3. The molecule has 4 nitrogen and oxygen atoms in total. The summed E-state index contributed by atoms with van der Waals surface area (Å²) in [6, 6.07) is 6.42. The molecule has 6 heteroatoms. The summed E-state index contributed by atoms with van der Waals surface area (Å²) in [5.41, 5.74) is 2.78. The van der Waals surface area contributed by atoms with Crippen LogP contribution in [0.1, 0.15) is 29.7 Å². The van der Waals surface area contributed by atoms with Crippen LogP contribution in [0, 0.1) is 5.82 Å². The summed E-state index contributed by atoms with van der Waals surface area (Å²) < 4.78 is 18.9. The van der Waals surface area contributed by atoms with Crippen LogP contribution in [0.15, 0.2) is 24.3 Å². The molecule has 1 aromatic carbocycles. The van der Waals surface area contributed by atoms with Crippen LogP contribution in [0.25, 0.3) is 0 Å². The van der Waals surface area contributed by atoms with Crippen molar-refractivity contribution in [3.8, 4) is 0 Å². The number of benzene rings is 1. The van der Waals surface area contributed by atoms with Gasteiger partial charge in [-0.3, -0.25) is 0 Å². The van der Waals surface area contributed by atoms with Crippen LogP contribution in [0.3, 0.4) is 0 Å². The van der Waals surface area contributed by atoms with Gasteiger partial charge in [-0.25, -0.2) is 14.4 Å². The molecule has 0 saturated heterocycles. The first-order chi connectivity index (χ1) is 10.6. The fourth-order valence-electron chi connectivity index (χ4n) is 2.66. The normalized spacial score (nSPS) is 17.2. The predicted octanol–water partition coefficient (Wildman–Crippen LogP) is 3.39. The highest BCUT2D eigenvalue weighted by Crippen LogP contribution is 2.35. The third kappa shape index (κ3) is 2.78. The maximum Gasteiger partial charge on any atom is 0.224 e. The molecule has 0 fully saturated rings. The lowest BCUT2D eigenvalue weighted by molar-refractivity contribution is 0.0976. The van der Waals surface area contributed by atoms with Crippen molar-refractivity contribution in [2.24, 2.45) is 0 Å². The average molecular weight is 322 g/mol. The van der Waals surface area contributed by atoms with Gasteiger partial charge in [0.25, 0.3) is 0 Å². The Morgan fingerprint density at radius 1 is 1.32 bits per heavy atom. The molecule has 116 valence electrons. The highest BCUT2D eigenvalue weighted by Gasteiger charge is 2.28. The summed E-state index contributed by atoms with van der Waals surface area (Å²) in [5.74, 6) is 0.478. The summed E-state index contributed by atoms with van der Waals surface area (Å²) in [5, 5.41) is 0.225. The molecule has 0 spiro atoms. The number of ether oxygens (including phenoxy) is 1. The number of anilines is 1. The van der Waals surface area contributed by atoms with E-state index >= 15 is 0 Å². The molecule has 1 atom stereocenters. The second-order valence-electron chi connectivity index (χ2n) is 5.31. The highest BCUT2D eigenvalue weighted by atomic mass is 35.5. The van der Waals surface area contributed by atoms with Crippen molar-refractivity contribution in [2.45, 2.75) is 19.4 Å². The molecule has 0 amide bonds. The Bertz CT molecular complexity index is 678. The van der Waals surface area contributed by atoms with Gasteiger partial charge in [-0.15, -0.1) is 0 Å². The Balaban J connectivity index is 2.09.